The van der Waals surface area contributed by atoms with E-state index in [0.717, 1.165) is 0 Å². The monoisotopic (exact) mass is 267 g/mol. The normalized spacial score (nSPS) is 12.3. The van der Waals surface area contributed by atoms with Crippen LogP contribution in [0.3, 0.4) is 0 Å². The molecule has 0 fully saturated rings. The van der Waals surface area contributed by atoms with Crippen LogP contribution in [0.15, 0.2) is 18.2 Å². The molecule has 1 rings (SSSR count). The summed E-state index contributed by atoms with van der Waals surface area (Å²) in [5.41, 5.74) is 0.644. The molecule has 0 bridgehead atoms. The van der Waals surface area contributed by atoms with Gasteiger partial charge in [-0.1, -0.05) is 19.9 Å². The summed E-state index contributed by atoms with van der Waals surface area (Å²) >= 11 is 0. The third-order valence-corrected chi connectivity index (χ3v) is 2.70. The molecule has 5 heteroatoms. The van der Waals surface area contributed by atoms with Gasteiger partial charge in [0.2, 0.25) is 0 Å². The summed E-state index contributed by atoms with van der Waals surface area (Å²) in [7, 11) is 2.82. The molecule has 106 valence electrons. The lowest BCUT2D eigenvalue weighted by molar-refractivity contribution is -0.143. The average Bonchev–Trinajstić information content (AvgIpc) is 2.38. The summed E-state index contributed by atoms with van der Waals surface area (Å²) < 4.78 is 9.76. The van der Waals surface area contributed by atoms with Crippen molar-refractivity contribution in [2.45, 2.75) is 19.9 Å². The molecule has 1 atom stereocenters. The molecular formula is C14H21NO4. The molecule has 0 heterocycles. The lowest BCUT2D eigenvalue weighted by atomic mass is 10.1. The number of aromatic hydroxyl groups is 1. The summed E-state index contributed by atoms with van der Waals surface area (Å²) in [6.45, 7) is 4.77. The Bertz CT molecular complexity index is 431. The van der Waals surface area contributed by atoms with Crippen molar-refractivity contribution in [3.8, 4) is 11.5 Å². The maximum Gasteiger partial charge on any atom is 0.327 e. The van der Waals surface area contributed by atoms with Gasteiger partial charge in [-0.15, -0.1) is 0 Å². The van der Waals surface area contributed by atoms with E-state index < -0.39 is 6.04 Å². The van der Waals surface area contributed by atoms with Crippen molar-refractivity contribution in [3.05, 3.63) is 23.8 Å². The number of esters is 1. The second-order valence-electron chi connectivity index (χ2n) is 4.69. The zero-order valence-electron chi connectivity index (χ0n) is 11.8. The molecule has 0 spiro atoms. The number of phenols is 1. The van der Waals surface area contributed by atoms with Gasteiger partial charge < -0.3 is 19.9 Å². The van der Waals surface area contributed by atoms with Crippen LogP contribution < -0.4 is 10.1 Å². The van der Waals surface area contributed by atoms with Crippen LogP contribution in [0.25, 0.3) is 0 Å². The van der Waals surface area contributed by atoms with Crippen LogP contribution in [0.1, 0.15) is 25.5 Å². The quantitative estimate of drug-likeness (QED) is 0.770. The summed E-state index contributed by atoms with van der Waals surface area (Å²) in [5, 5.41) is 12.9. The number of nitrogens with one attached hydrogen (secondary N) is 1. The maximum absolute atomic E-state index is 11.8. The zero-order chi connectivity index (χ0) is 14.4. The van der Waals surface area contributed by atoms with Gasteiger partial charge in [0.05, 0.1) is 14.2 Å². The van der Waals surface area contributed by atoms with Crippen LogP contribution in [0, 0.1) is 5.92 Å². The predicted molar refractivity (Wildman–Crippen MR) is 72.3 cm³/mol. The van der Waals surface area contributed by atoms with Crippen molar-refractivity contribution in [1.82, 2.24) is 5.32 Å². The van der Waals surface area contributed by atoms with Crippen LogP contribution >= 0.6 is 0 Å². The molecule has 0 aliphatic heterocycles. The van der Waals surface area contributed by atoms with E-state index in [4.69, 9.17) is 9.47 Å². The van der Waals surface area contributed by atoms with E-state index in [2.05, 4.69) is 5.32 Å². The number of rotatable bonds is 6. The lowest BCUT2D eigenvalue weighted by Gasteiger charge is -2.18. The Morgan fingerprint density at radius 1 is 1.37 bits per heavy atom. The van der Waals surface area contributed by atoms with Crippen LogP contribution in [0.5, 0.6) is 11.5 Å². The molecular weight excluding hydrogens is 246 g/mol. The van der Waals surface area contributed by atoms with Crippen molar-refractivity contribution in [3.63, 3.8) is 0 Å². The second kappa shape index (κ2) is 6.99. The minimum atomic E-state index is -0.593. The number of carbonyl (C=O) groups excluding carboxylic acids is 1. The number of carbonyl (C=O) groups is 1. The Balaban J connectivity index is 2.96. The first-order valence-electron chi connectivity index (χ1n) is 6.17. The third kappa shape index (κ3) is 4.13. The second-order valence-corrected chi connectivity index (χ2v) is 4.69. The number of benzene rings is 1. The van der Waals surface area contributed by atoms with E-state index in [1.165, 1.54) is 20.3 Å². The van der Waals surface area contributed by atoms with E-state index >= 15 is 0 Å². The Labute approximate surface area is 113 Å². The SMILES string of the molecule is COC(=O)C(NCC(C)C)c1ccc(OC)c(O)c1. The first kappa shape index (κ1) is 15.3. The van der Waals surface area contributed by atoms with E-state index in [1.54, 1.807) is 12.1 Å². The van der Waals surface area contributed by atoms with Crippen molar-refractivity contribution >= 4 is 5.97 Å². The van der Waals surface area contributed by atoms with Gasteiger partial charge in [-0.05, 0) is 30.2 Å². The van der Waals surface area contributed by atoms with E-state index in [-0.39, 0.29) is 11.7 Å². The van der Waals surface area contributed by atoms with Crippen LogP contribution in [0.4, 0.5) is 0 Å². The molecule has 1 aromatic rings. The first-order valence-corrected chi connectivity index (χ1v) is 6.17. The number of ether oxygens (including phenoxy) is 2. The molecule has 0 amide bonds. The minimum Gasteiger partial charge on any atom is -0.504 e. The number of hydrogen-bond donors (Lipinski definition) is 2. The number of methoxy groups -OCH3 is 2. The number of hydrogen-bond acceptors (Lipinski definition) is 5. The molecule has 0 radical (unpaired) electrons. The molecule has 1 aromatic carbocycles. The van der Waals surface area contributed by atoms with E-state index in [0.29, 0.717) is 23.8 Å². The van der Waals surface area contributed by atoms with Gasteiger partial charge in [0, 0.05) is 0 Å². The smallest absolute Gasteiger partial charge is 0.327 e. The highest BCUT2D eigenvalue weighted by molar-refractivity contribution is 5.77. The summed E-state index contributed by atoms with van der Waals surface area (Å²) in [6.07, 6.45) is 0. The van der Waals surface area contributed by atoms with Crippen molar-refractivity contribution in [1.29, 1.82) is 0 Å². The molecule has 19 heavy (non-hydrogen) atoms. The predicted octanol–water partition coefficient (Wildman–Crippen LogP) is 1.86. The van der Waals surface area contributed by atoms with Crippen molar-refractivity contribution < 1.29 is 19.4 Å². The molecule has 0 saturated carbocycles. The largest absolute Gasteiger partial charge is 0.504 e. The standard InChI is InChI=1S/C14H21NO4/c1-9(2)8-15-13(14(17)19-4)10-5-6-12(18-3)11(16)7-10/h5-7,9,13,15-16H,8H2,1-4H3. The molecule has 0 aromatic heterocycles. The van der Waals surface area contributed by atoms with Crippen LogP contribution in [-0.4, -0.2) is 31.8 Å². The Morgan fingerprint density at radius 2 is 2.05 bits per heavy atom. The molecule has 5 nitrogen and oxygen atoms in total. The van der Waals surface area contributed by atoms with Gasteiger partial charge >= 0.3 is 5.97 Å². The summed E-state index contributed by atoms with van der Waals surface area (Å²) in [5.74, 6) is 0.390. The topological polar surface area (TPSA) is 67.8 Å². The highest BCUT2D eigenvalue weighted by atomic mass is 16.5. The Kier molecular flexibility index (Phi) is 5.63. The van der Waals surface area contributed by atoms with Gasteiger partial charge in [0.25, 0.3) is 0 Å². The van der Waals surface area contributed by atoms with Crippen LogP contribution in [0.2, 0.25) is 0 Å². The fourth-order valence-electron chi connectivity index (χ4n) is 1.70. The first-order chi connectivity index (χ1) is 8.99. The fourth-order valence-corrected chi connectivity index (χ4v) is 1.70. The zero-order valence-corrected chi connectivity index (χ0v) is 11.8. The molecule has 0 aliphatic carbocycles. The van der Waals surface area contributed by atoms with Gasteiger partial charge in [-0.3, -0.25) is 0 Å². The van der Waals surface area contributed by atoms with Gasteiger partial charge in [0.1, 0.15) is 6.04 Å². The van der Waals surface area contributed by atoms with Crippen LogP contribution in [-0.2, 0) is 9.53 Å². The molecule has 1 unspecified atom stereocenters. The molecule has 0 saturated heterocycles. The third-order valence-electron chi connectivity index (χ3n) is 2.70. The van der Waals surface area contributed by atoms with Gasteiger partial charge in [0.15, 0.2) is 11.5 Å². The van der Waals surface area contributed by atoms with Crippen molar-refractivity contribution in [2.75, 3.05) is 20.8 Å². The fraction of sp³-hybridized carbons (Fsp3) is 0.500. The molecule has 2 N–H and O–H groups in total. The summed E-state index contributed by atoms with van der Waals surface area (Å²) in [4.78, 5) is 11.8. The highest BCUT2D eigenvalue weighted by Crippen LogP contribution is 2.29. The average molecular weight is 267 g/mol. The highest BCUT2D eigenvalue weighted by Gasteiger charge is 2.22. The lowest BCUT2D eigenvalue weighted by Crippen LogP contribution is -2.32. The summed E-state index contributed by atoms with van der Waals surface area (Å²) in [6, 6.07) is 4.27. The Hall–Kier alpha value is -1.75. The Morgan fingerprint density at radius 3 is 2.53 bits per heavy atom. The number of phenolic OH excluding ortho intramolecular Hbond substituents is 1. The van der Waals surface area contributed by atoms with Crippen molar-refractivity contribution in [2.24, 2.45) is 5.92 Å². The minimum absolute atomic E-state index is 0.000231. The van der Waals surface area contributed by atoms with E-state index in [1.807, 2.05) is 13.8 Å². The molecule has 0 aliphatic rings. The van der Waals surface area contributed by atoms with E-state index in [9.17, 15) is 9.90 Å². The van der Waals surface area contributed by atoms with Gasteiger partial charge in [-0.2, -0.15) is 0 Å². The maximum atomic E-state index is 11.8. The van der Waals surface area contributed by atoms with Gasteiger partial charge in [-0.25, -0.2) is 4.79 Å².